The Morgan fingerprint density at radius 1 is 1.08 bits per heavy atom. The van der Waals surface area contributed by atoms with Gasteiger partial charge in [0.1, 0.15) is 5.69 Å². The zero-order valence-electron chi connectivity index (χ0n) is 23.3. The molecule has 0 saturated carbocycles. The first-order valence-electron chi connectivity index (χ1n) is 13.1. The number of amides is 2. The first-order chi connectivity index (χ1) is 17.5. The molecular formula is C29H43N3O4S. The zero-order chi connectivity index (χ0) is 27.5. The molecule has 204 valence electrons. The van der Waals surface area contributed by atoms with Crippen LogP contribution >= 0.6 is 11.3 Å². The molecule has 0 aliphatic heterocycles. The number of nitrogens with zero attached hydrogens (tertiary/aromatic N) is 2. The number of aromatic nitrogens is 1. The summed E-state index contributed by atoms with van der Waals surface area (Å²) < 4.78 is 4.88. The minimum atomic E-state index is -0.339. The number of nitrogens with one attached hydrogen (secondary N) is 1. The molecular weight excluding hydrogens is 486 g/mol. The lowest BCUT2D eigenvalue weighted by Gasteiger charge is -2.32. The maximum Gasteiger partial charge on any atom is 0.308 e. The highest BCUT2D eigenvalue weighted by Gasteiger charge is 2.25. The van der Waals surface area contributed by atoms with Gasteiger partial charge in [-0.05, 0) is 36.7 Å². The van der Waals surface area contributed by atoms with Crippen LogP contribution in [0.15, 0.2) is 35.7 Å². The van der Waals surface area contributed by atoms with Gasteiger partial charge in [0.15, 0.2) is 0 Å². The van der Waals surface area contributed by atoms with Crippen molar-refractivity contribution in [2.24, 2.45) is 17.8 Å². The molecule has 0 spiro atoms. The predicted molar refractivity (Wildman–Crippen MR) is 148 cm³/mol. The highest BCUT2D eigenvalue weighted by molar-refractivity contribution is 7.09. The quantitative estimate of drug-likeness (QED) is 0.342. The van der Waals surface area contributed by atoms with E-state index in [4.69, 9.17) is 4.74 Å². The highest BCUT2D eigenvalue weighted by Crippen LogP contribution is 2.21. The largest absolute Gasteiger partial charge is 0.469 e. The third-order valence-corrected chi connectivity index (χ3v) is 7.49. The number of esters is 1. The predicted octanol–water partition coefficient (Wildman–Crippen LogP) is 5.15. The average molecular weight is 530 g/mol. The topological polar surface area (TPSA) is 88.6 Å². The second-order valence-electron chi connectivity index (χ2n) is 10.6. The minimum Gasteiger partial charge on any atom is -0.469 e. The molecule has 1 aromatic heterocycles. The van der Waals surface area contributed by atoms with Crippen molar-refractivity contribution >= 4 is 29.1 Å². The van der Waals surface area contributed by atoms with Crippen LogP contribution in [0.3, 0.4) is 0 Å². The number of aryl methyl sites for hydroxylation is 1. The normalized spacial score (nSPS) is 13.8. The SMILES string of the molecule is COC(=O)C(C)CC(Cc1ccccc1)NC(=O)c1csc(CCC(C(C)C)N(C)C(=O)CC(C)C)n1. The summed E-state index contributed by atoms with van der Waals surface area (Å²) in [6.45, 7) is 10.2. The van der Waals surface area contributed by atoms with Gasteiger partial charge in [-0.3, -0.25) is 14.4 Å². The van der Waals surface area contributed by atoms with Gasteiger partial charge >= 0.3 is 5.97 Å². The molecule has 3 unspecified atom stereocenters. The minimum absolute atomic E-state index is 0.113. The number of hydrogen-bond donors (Lipinski definition) is 1. The van der Waals surface area contributed by atoms with Gasteiger partial charge in [0.25, 0.3) is 5.91 Å². The number of rotatable bonds is 14. The number of thiazole rings is 1. The highest BCUT2D eigenvalue weighted by atomic mass is 32.1. The molecule has 3 atom stereocenters. The number of benzene rings is 1. The van der Waals surface area contributed by atoms with Crippen LogP contribution in [0.4, 0.5) is 0 Å². The number of carbonyl (C=O) groups excluding carboxylic acids is 3. The van der Waals surface area contributed by atoms with E-state index in [9.17, 15) is 14.4 Å². The van der Waals surface area contributed by atoms with E-state index in [-0.39, 0.29) is 35.8 Å². The van der Waals surface area contributed by atoms with E-state index in [1.807, 2.05) is 49.2 Å². The molecule has 1 heterocycles. The van der Waals surface area contributed by atoms with E-state index in [0.29, 0.717) is 43.2 Å². The Kier molecular flexibility index (Phi) is 12.2. The summed E-state index contributed by atoms with van der Waals surface area (Å²) in [7, 11) is 3.26. The molecule has 2 aromatic rings. The second-order valence-corrected chi connectivity index (χ2v) is 11.5. The number of ether oxygens (including phenoxy) is 1. The van der Waals surface area contributed by atoms with Gasteiger partial charge in [-0.1, -0.05) is 65.0 Å². The van der Waals surface area contributed by atoms with Crippen LogP contribution in [-0.2, 0) is 27.2 Å². The summed E-state index contributed by atoms with van der Waals surface area (Å²) in [5, 5.41) is 5.75. The molecule has 2 rings (SSSR count). The second kappa shape index (κ2) is 14.9. The fraction of sp³-hybridized carbons (Fsp3) is 0.586. The molecule has 2 amide bonds. The molecule has 1 aromatic carbocycles. The number of methoxy groups -OCH3 is 1. The first-order valence-corrected chi connectivity index (χ1v) is 14.0. The van der Waals surface area contributed by atoms with E-state index in [0.717, 1.165) is 17.0 Å². The van der Waals surface area contributed by atoms with E-state index >= 15 is 0 Å². The molecule has 0 radical (unpaired) electrons. The first kappa shape index (κ1) is 30.5. The fourth-order valence-electron chi connectivity index (χ4n) is 4.53. The van der Waals surface area contributed by atoms with E-state index in [2.05, 4.69) is 38.0 Å². The van der Waals surface area contributed by atoms with Gasteiger partial charge in [-0.2, -0.15) is 0 Å². The average Bonchev–Trinajstić information content (AvgIpc) is 3.32. The molecule has 0 saturated heterocycles. The van der Waals surface area contributed by atoms with Crippen LogP contribution in [-0.4, -0.2) is 53.9 Å². The molecule has 0 aliphatic carbocycles. The van der Waals surface area contributed by atoms with Crippen molar-refractivity contribution in [2.45, 2.75) is 78.8 Å². The van der Waals surface area contributed by atoms with Crippen molar-refractivity contribution in [3.05, 3.63) is 52.0 Å². The number of carbonyl (C=O) groups is 3. The lowest BCUT2D eigenvalue weighted by molar-refractivity contribution is -0.145. The Morgan fingerprint density at radius 2 is 1.76 bits per heavy atom. The summed E-state index contributed by atoms with van der Waals surface area (Å²) >= 11 is 1.47. The smallest absolute Gasteiger partial charge is 0.308 e. The Morgan fingerprint density at radius 3 is 2.35 bits per heavy atom. The van der Waals surface area contributed by atoms with Crippen molar-refractivity contribution in [1.82, 2.24) is 15.2 Å². The number of hydrogen-bond acceptors (Lipinski definition) is 6. The van der Waals surface area contributed by atoms with Crippen LogP contribution in [0.25, 0.3) is 0 Å². The third kappa shape index (κ3) is 9.91. The Bertz CT molecular complexity index is 1010. The van der Waals surface area contributed by atoms with E-state index < -0.39 is 0 Å². The van der Waals surface area contributed by atoms with Crippen LogP contribution in [0.1, 0.15) is 74.9 Å². The summed E-state index contributed by atoms with van der Waals surface area (Å²) in [5.74, 6) is -0.0691. The maximum atomic E-state index is 13.1. The van der Waals surface area contributed by atoms with Crippen LogP contribution in [0.2, 0.25) is 0 Å². The van der Waals surface area contributed by atoms with Gasteiger partial charge in [0.2, 0.25) is 5.91 Å². The zero-order valence-corrected chi connectivity index (χ0v) is 24.1. The van der Waals surface area contributed by atoms with Crippen molar-refractivity contribution in [2.75, 3.05) is 14.2 Å². The van der Waals surface area contributed by atoms with Crippen LogP contribution < -0.4 is 5.32 Å². The van der Waals surface area contributed by atoms with E-state index in [1.54, 1.807) is 5.38 Å². The summed E-state index contributed by atoms with van der Waals surface area (Å²) in [4.78, 5) is 44.2. The molecule has 0 bridgehead atoms. The van der Waals surface area contributed by atoms with Gasteiger partial charge in [0.05, 0.1) is 18.0 Å². The van der Waals surface area contributed by atoms with Crippen LogP contribution in [0.5, 0.6) is 0 Å². The molecule has 8 heteroatoms. The summed E-state index contributed by atoms with van der Waals surface area (Å²) in [5.41, 5.74) is 1.47. The Balaban J connectivity index is 2.05. The molecule has 1 N–H and O–H groups in total. The Hall–Kier alpha value is -2.74. The van der Waals surface area contributed by atoms with Gasteiger partial charge in [0, 0.05) is 37.4 Å². The van der Waals surface area contributed by atoms with Crippen LogP contribution in [0, 0.1) is 17.8 Å². The van der Waals surface area contributed by atoms with Gasteiger partial charge in [-0.25, -0.2) is 4.98 Å². The Labute approximate surface area is 226 Å². The maximum absolute atomic E-state index is 13.1. The van der Waals surface area contributed by atoms with Crippen molar-refractivity contribution in [1.29, 1.82) is 0 Å². The van der Waals surface area contributed by atoms with E-state index in [1.165, 1.54) is 18.4 Å². The lowest BCUT2D eigenvalue weighted by Crippen LogP contribution is -2.41. The van der Waals surface area contributed by atoms with Crippen molar-refractivity contribution in [3.63, 3.8) is 0 Å². The third-order valence-electron chi connectivity index (χ3n) is 6.58. The standard InChI is InChI=1S/C29H43N3O4S/c1-19(2)15-27(33)32(6)25(20(3)4)13-14-26-31-24(18-37-26)28(34)30-23(16-21(5)29(35)36-7)17-22-11-9-8-10-12-22/h8-12,18-21,23,25H,13-17H2,1-7H3,(H,30,34). The summed E-state index contributed by atoms with van der Waals surface area (Å²) in [6.07, 6.45) is 3.11. The lowest BCUT2D eigenvalue weighted by atomic mass is 9.96. The van der Waals surface area contributed by atoms with Crippen molar-refractivity contribution < 1.29 is 19.1 Å². The van der Waals surface area contributed by atoms with Crippen molar-refractivity contribution in [3.8, 4) is 0 Å². The monoisotopic (exact) mass is 529 g/mol. The fourth-order valence-corrected chi connectivity index (χ4v) is 5.32. The molecule has 0 fully saturated rings. The molecule has 37 heavy (non-hydrogen) atoms. The van der Waals surface area contributed by atoms with Gasteiger partial charge < -0.3 is 15.0 Å². The van der Waals surface area contributed by atoms with Gasteiger partial charge in [-0.15, -0.1) is 11.3 Å². The molecule has 7 nitrogen and oxygen atoms in total. The molecule has 0 aliphatic rings. The summed E-state index contributed by atoms with van der Waals surface area (Å²) in [6, 6.07) is 9.77.